The van der Waals surface area contributed by atoms with E-state index in [9.17, 15) is 32.9 Å². The Kier molecular flexibility index (Phi) is 6.16. The third-order valence-electron chi connectivity index (χ3n) is 3.50. The Morgan fingerprint density at radius 1 is 1.30 bits per heavy atom. The molecule has 1 heterocycles. The van der Waals surface area contributed by atoms with Gasteiger partial charge in [0.05, 0.1) is 10.5 Å². The maximum absolute atomic E-state index is 12.6. The minimum atomic E-state index is -4.96. The Morgan fingerprint density at radius 2 is 2.00 bits per heavy atom. The van der Waals surface area contributed by atoms with E-state index in [1.54, 1.807) is 0 Å². The second-order valence-corrected chi connectivity index (χ2v) is 6.29. The van der Waals surface area contributed by atoms with E-state index >= 15 is 0 Å². The lowest BCUT2D eigenvalue weighted by Gasteiger charge is -2.22. The lowest BCUT2D eigenvalue weighted by Crippen LogP contribution is -2.40. The summed E-state index contributed by atoms with van der Waals surface area (Å²) >= 11 is 0.806. The normalized spacial score (nSPS) is 11.1. The first-order chi connectivity index (χ1) is 12.6. The van der Waals surface area contributed by atoms with Crippen LogP contribution in [0.1, 0.15) is 22.8 Å². The molecule has 0 fully saturated rings. The van der Waals surface area contributed by atoms with E-state index in [2.05, 4.69) is 5.32 Å². The SMILES string of the molecule is CCN(Cc1cccc(NC(=O)c2csc([N+](=O)[O-])c2)c1)C(=O)C(F)(F)F. The number of nitrogens with zero attached hydrogens (tertiary/aromatic N) is 2. The molecule has 2 aromatic rings. The number of benzene rings is 1. The molecule has 0 aliphatic heterocycles. The molecule has 0 spiro atoms. The Morgan fingerprint density at radius 3 is 2.56 bits per heavy atom. The molecule has 0 unspecified atom stereocenters. The minimum absolute atomic E-state index is 0.0968. The number of carbonyl (C=O) groups excluding carboxylic acids is 2. The van der Waals surface area contributed by atoms with Gasteiger partial charge in [0.15, 0.2) is 0 Å². The fraction of sp³-hybridized carbons (Fsp3) is 0.250. The molecule has 7 nitrogen and oxygen atoms in total. The molecule has 144 valence electrons. The minimum Gasteiger partial charge on any atom is -0.331 e. The van der Waals surface area contributed by atoms with Gasteiger partial charge in [0.2, 0.25) is 0 Å². The average molecular weight is 401 g/mol. The van der Waals surface area contributed by atoms with Gasteiger partial charge in [0.25, 0.3) is 5.91 Å². The van der Waals surface area contributed by atoms with E-state index < -0.39 is 22.9 Å². The summed E-state index contributed by atoms with van der Waals surface area (Å²) in [5, 5.41) is 14.3. The van der Waals surface area contributed by atoms with Gasteiger partial charge in [-0.2, -0.15) is 13.2 Å². The third-order valence-corrected chi connectivity index (χ3v) is 4.38. The van der Waals surface area contributed by atoms with E-state index in [-0.39, 0.29) is 23.7 Å². The number of hydrogen-bond acceptors (Lipinski definition) is 5. The van der Waals surface area contributed by atoms with Gasteiger partial charge in [-0.1, -0.05) is 23.5 Å². The van der Waals surface area contributed by atoms with Crippen molar-refractivity contribution >= 4 is 33.8 Å². The van der Waals surface area contributed by atoms with Crippen LogP contribution < -0.4 is 5.32 Å². The third kappa shape index (κ3) is 5.26. The molecular weight excluding hydrogens is 387 g/mol. The molecule has 27 heavy (non-hydrogen) atoms. The van der Waals surface area contributed by atoms with Crippen molar-refractivity contribution in [2.24, 2.45) is 0 Å². The number of nitrogens with one attached hydrogen (secondary N) is 1. The van der Waals surface area contributed by atoms with E-state index in [1.165, 1.54) is 36.6 Å². The van der Waals surface area contributed by atoms with Crippen LogP contribution in [0, 0.1) is 10.1 Å². The zero-order valence-electron chi connectivity index (χ0n) is 13.9. The zero-order chi connectivity index (χ0) is 20.2. The van der Waals surface area contributed by atoms with Gasteiger partial charge in [-0.3, -0.25) is 19.7 Å². The van der Waals surface area contributed by atoms with E-state index in [1.807, 2.05) is 0 Å². The first kappa shape index (κ1) is 20.4. The summed E-state index contributed by atoms with van der Waals surface area (Å²) in [4.78, 5) is 34.2. The van der Waals surface area contributed by atoms with Gasteiger partial charge in [-0.15, -0.1) is 0 Å². The van der Waals surface area contributed by atoms with Gasteiger partial charge in [-0.05, 0) is 24.6 Å². The van der Waals surface area contributed by atoms with E-state index in [0.717, 1.165) is 17.4 Å². The Bertz CT molecular complexity index is 867. The van der Waals surface area contributed by atoms with Gasteiger partial charge in [0, 0.05) is 30.2 Å². The number of nitro groups is 1. The number of hydrogen-bond donors (Lipinski definition) is 1. The standard InChI is InChI=1S/C16H14F3N3O4S/c1-2-21(15(24)16(17,18)19)8-10-4-3-5-12(6-10)20-14(23)11-7-13(22(25)26)27-9-11/h3-7,9H,2,8H2,1H3,(H,20,23). The average Bonchev–Trinajstić information content (AvgIpc) is 3.09. The molecule has 0 radical (unpaired) electrons. The van der Waals surface area contributed by atoms with Crippen LogP contribution >= 0.6 is 11.3 Å². The summed E-state index contributed by atoms with van der Waals surface area (Å²) in [5.74, 6) is -2.53. The number of alkyl halides is 3. The molecule has 2 rings (SSSR count). The summed E-state index contributed by atoms with van der Waals surface area (Å²) in [5.41, 5.74) is 0.782. The molecule has 0 bridgehead atoms. The van der Waals surface area contributed by atoms with Crippen molar-refractivity contribution in [3.63, 3.8) is 0 Å². The second-order valence-electron chi connectivity index (χ2n) is 5.40. The topological polar surface area (TPSA) is 92.6 Å². The van der Waals surface area contributed by atoms with E-state index in [0.29, 0.717) is 16.2 Å². The molecular formula is C16H14F3N3O4S. The number of carbonyl (C=O) groups is 2. The van der Waals surface area contributed by atoms with Crippen LogP contribution in [-0.4, -0.2) is 34.4 Å². The van der Waals surface area contributed by atoms with Crippen molar-refractivity contribution in [3.05, 3.63) is 57.0 Å². The van der Waals surface area contributed by atoms with Crippen molar-refractivity contribution in [1.82, 2.24) is 4.90 Å². The Hall–Kier alpha value is -2.95. The fourth-order valence-corrected chi connectivity index (χ4v) is 2.92. The van der Waals surface area contributed by atoms with Crippen molar-refractivity contribution in [3.8, 4) is 0 Å². The quantitative estimate of drug-likeness (QED) is 0.588. The molecule has 0 saturated heterocycles. The van der Waals surface area contributed by atoms with Crippen LogP contribution in [0.4, 0.5) is 23.9 Å². The molecule has 1 aromatic heterocycles. The van der Waals surface area contributed by atoms with Crippen LogP contribution in [0.15, 0.2) is 35.7 Å². The molecule has 0 aliphatic rings. The van der Waals surface area contributed by atoms with Crippen molar-refractivity contribution in [2.75, 3.05) is 11.9 Å². The summed E-state index contributed by atoms with van der Waals surface area (Å²) in [6.45, 7) is 1.02. The number of thiophene rings is 1. The number of anilines is 1. The summed E-state index contributed by atoms with van der Waals surface area (Å²) < 4.78 is 37.8. The largest absolute Gasteiger partial charge is 0.471 e. The lowest BCUT2D eigenvalue weighted by molar-refractivity contribution is -0.380. The Balaban J connectivity index is 2.11. The first-order valence-corrected chi connectivity index (χ1v) is 8.49. The van der Waals surface area contributed by atoms with Crippen molar-refractivity contribution in [1.29, 1.82) is 0 Å². The van der Waals surface area contributed by atoms with Crippen LogP contribution in [0.2, 0.25) is 0 Å². The predicted molar refractivity (Wildman–Crippen MR) is 92.5 cm³/mol. The van der Waals surface area contributed by atoms with E-state index in [4.69, 9.17) is 0 Å². The maximum atomic E-state index is 12.6. The molecule has 0 atom stereocenters. The number of amides is 2. The second kappa shape index (κ2) is 8.16. The smallest absolute Gasteiger partial charge is 0.331 e. The highest BCUT2D eigenvalue weighted by Gasteiger charge is 2.41. The highest BCUT2D eigenvalue weighted by atomic mass is 32.1. The molecule has 0 saturated carbocycles. The van der Waals surface area contributed by atoms with Gasteiger partial charge in [0.1, 0.15) is 0 Å². The molecule has 1 N–H and O–H groups in total. The molecule has 11 heteroatoms. The lowest BCUT2D eigenvalue weighted by atomic mass is 10.1. The predicted octanol–water partition coefficient (Wildman–Crippen LogP) is 3.82. The summed E-state index contributed by atoms with van der Waals surface area (Å²) in [6, 6.07) is 7.13. The Labute approximate surface area is 155 Å². The zero-order valence-corrected chi connectivity index (χ0v) is 14.8. The highest BCUT2D eigenvalue weighted by Crippen LogP contribution is 2.24. The van der Waals surface area contributed by atoms with Crippen LogP contribution in [-0.2, 0) is 11.3 Å². The molecule has 1 aromatic carbocycles. The van der Waals surface area contributed by atoms with Crippen LogP contribution in [0.5, 0.6) is 0 Å². The van der Waals surface area contributed by atoms with Gasteiger partial charge in [-0.25, -0.2) is 0 Å². The van der Waals surface area contributed by atoms with Crippen LogP contribution in [0.3, 0.4) is 0 Å². The molecule has 0 aliphatic carbocycles. The summed E-state index contributed by atoms with van der Waals surface area (Å²) in [7, 11) is 0. The molecule has 2 amide bonds. The number of halogens is 3. The van der Waals surface area contributed by atoms with Crippen LogP contribution in [0.25, 0.3) is 0 Å². The van der Waals surface area contributed by atoms with Gasteiger partial charge >= 0.3 is 17.1 Å². The van der Waals surface area contributed by atoms with Crippen molar-refractivity contribution in [2.45, 2.75) is 19.6 Å². The number of rotatable bonds is 6. The first-order valence-electron chi connectivity index (χ1n) is 7.61. The maximum Gasteiger partial charge on any atom is 0.471 e. The van der Waals surface area contributed by atoms with Crippen molar-refractivity contribution < 1.29 is 27.7 Å². The fourth-order valence-electron chi connectivity index (χ4n) is 2.22. The van der Waals surface area contributed by atoms with Gasteiger partial charge < -0.3 is 10.2 Å². The highest BCUT2D eigenvalue weighted by molar-refractivity contribution is 7.13. The monoisotopic (exact) mass is 401 g/mol. The summed E-state index contributed by atoms with van der Waals surface area (Å²) in [6.07, 6.45) is -4.96.